The maximum absolute atomic E-state index is 4.17. The van der Waals surface area contributed by atoms with E-state index in [-0.39, 0.29) is 0 Å². The Hall–Kier alpha value is -2.23. The van der Waals surface area contributed by atoms with Crippen molar-refractivity contribution in [1.29, 1.82) is 0 Å². The number of H-pyrrole nitrogens is 1. The maximum atomic E-state index is 4.17. The lowest BCUT2D eigenvalue weighted by Crippen LogP contribution is -1.79. The van der Waals surface area contributed by atoms with Gasteiger partial charge in [-0.3, -0.25) is 10.1 Å². The molecule has 0 bridgehead atoms. The van der Waals surface area contributed by atoms with Crippen molar-refractivity contribution in [2.24, 2.45) is 0 Å². The van der Waals surface area contributed by atoms with Crippen LogP contribution in [0.3, 0.4) is 0 Å². The third kappa shape index (κ3) is 1.27. The van der Waals surface area contributed by atoms with Gasteiger partial charge < -0.3 is 0 Å². The van der Waals surface area contributed by atoms with Gasteiger partial charge in [0.25, 0.3) is 0 Å². The summed E-state index contributed by atoms with van der Waals surface area (Å²) in [7, 11) is 0. The molecule has 0 unspecified atom stereocenters. The molecule has 3 rings (SSSR count). The van der Waals surface area contributed by atoms with Gasteiger partial charge in [-0.2, -0.15) is 5.10 Å². The largest absolute Gasteiger partial charge is 0.275 e. The predicted octanol–water partition coefficient (Wildman–Crippen LogP) is 2.02. The first-order valence-electron chi connectivity index (χ1n) is 4.64. The molecule has 0 aliphatic rings. The first-order chi connectivity index (χ1) is 7.45. The lowest BCUT2D eigenvalue weighted by molar-refractivity contribution is 1.10. The molecular weight excluding hydrogens is 188 g/mol. The van der Waals surface area contributed by atoms with E-state index in [0.29, 0.717) is 0 Å². The van der Waals surface area contributed by atoms with E-state index in [2.05, 4.69) is 20.2 Å². The fourth-order valence-corrected chi connectivity index (χ4v) is 1.59. The highest BCUT2D eigenvalue weighted by Crippen LogP contribution is 2.23. The summed E-state index contributed by atoms with van der Waals surface area (Å²) in [6.45, 7) is 0. The first-order valence-corrected chi connectivity index (χ1v) is 4.64. The second-order valence-corrected chi connectivity index (χ2v) is 3.21. The van der Waals surface area contributed by atoms with Crippen molar-refractivity contribution < 1.29 is 0 Å². The fraction of sp³-hybridized carbons (Fsp3) is 0. The third-order valence-electron chi connectivity index (χ3n) is 2.30. The van der Waals surface area contributed by atoms with Crippen LogP contribution in [-0.2, 0) is 0 Å². The highest BCUT2D eigenvalue weighted by atomic mass is 15.1. The van der Waals surface area contributed by atoms with E-state index >= 15 is 0 Å². The molecule has 72 valence electrons. The Labute approximate surface area is 86.0 Å². The van der Waals surface area contributed by atoms with E-state index in [1.165, 1.54) is 0 Å². The van der Waals surface area contributed by atoms with E-state index in [9.17, 15) is 0 Å². The van der Waals surface area contributed by atoms with Crippen molar-refractivity contribution >= 4 is 11.0 Å². The van der Waals surface area contributed by atoms with E-state index in [1.807, 2.05) is 24.3 Å². The molecule has 0 atom stereocenters. The lowest BCUT2D eigenvalue weighted by Gasteiger charge is -1.96. The molecule has 0 radical (unpaired) electrons. The van der Waals surface area contributed by atoms with Crippen LogP contribution in [0.15, 0.2) is 42.9 Å². The van der Waals surface area contributed by atoms with E-state index < -0.39 is 0 Å². The van der Waals surface area contributed by atoms with Gasteiger partial charge >= 0.3 is 0 Å². The molecule has 3 aromatic rings. The molecule has 3 heterocycles. The number of aromatic amines is 1. The SMILES string of the molecule is c1cnc2n[nH]c(-c3ccncc3)c2c1. The smallest absolute Gasteiger partial charge is 0.181 e. The van der Waals surface area contributed by atoms with Crippen LogP contribution in [0.2, 0.25) is 0 Å². The zero-order chi connectivity index (χ0) is 10.1. The van der Waals surface area contributed by atoms with Crippen molar-refractivity contribution in [3.63, 3.8) is 0 Å². The molecule has 1 N–H and O–H groups in total. The molecule has 15 heavy (non-hydrogen) atoms. The number of pyridine rings is 2. The quantitative estimate of drug-likeness (QED) is 0.647. The molecule has 0 fully saturated rings. The number of nitrogens with zero attached hydrogens (tertiary/aromatic N) is 3. The predicted molar refractivity (Wildman–Crippen MR) is 57.1 cm³/mol. The summed E-state index contributed by atoms with van der Waals surface area (Å²) in [4.78, 5) is 8.15. The number of hydrogen-bond donors (Lipinski definition) is 1. The molecule has 3 aromatic heterocycles. The minimum Gasteiger partial charge on any atom is -0.275 e. The molecule has 0 saturated heterocycles. The second-order valence-electron chi connectivity index (χ2n) is 3.21. The zero-order valence-corrected chi connectivity index (χ0v) is 7.88. The topological polar surface area (TPSA) is 54.5 Å². The first kappa shape index (κ1) is 8.11. The van der Waals surface area contributed by atoms with Crippen LogP contribution in [0.25, 0.3) is 22.3 Å². The summed E-state index contributed by atoms with van der Waals surface area (Å²) in [5.74, 6) is 0. The van der Waals surface area contributed by atoms with E-state index in [0.717, 1.165) is 22.3 Å². The van der Waals surface area contributed by atoms with Crippen LogP contribution in [0, 0.1) is 0 Å². The van der Waals surface area contributed by atoms with E-state index in [4.69, 9.17) is 0 Å². The van der Waals surface area contributed by atoms with Crippen LogP contribution in [0.5, 0.6) is 0 Å². The molecule has 0 aliphatic carbocycles. The Balaban J connectivity index is 2.28. The van der Waals surface area contributed by atoms with Crippen LogP contribution >= 0.6 is 0 Å². The van der Waals surface area contributed by atoms with E-state index in [1.54, 1.807) is 18.6 Å². The summed E-state index contributed by atoms with van der Waals surface area (Å²) < 4.78 is 0. The Morgan fingerprint density at radius 1 is 1.00 bits per heavy atom. The molecule has 4 heteroatoms. The van der Waals surface area contributed by atoms with Crippen LogP contribution in [0.4, 0.5) is 0 Å². The molecule has 0 spiro atoms. The van der Waals surface area contributed by atoms with Gasteiger partial charge in [-0.05, 0) is 24.3 Å². The summed E-state index contributed by atoms with van der Waals surface area (Å²) in [5, 5.41) is 8.16. The highest BCUT2D eigenvalue weighted by Gasteiger charge is 2.06. The van der Waals surface area contributed by atoms with Gasteiger partial charge in [-0.25, -0.2) is 4.98 Å². The average molecular weight is 196 g/mol. The number of hydrogen-bond acceptors (Lipinski definition) is 3. The average Bonchev–Trinajstić information content (AvgIpc) is 2.74. The van der Waals surface area contributed by atoms with Gasteiger partial charge in [0.15, 0.2) is 5.65 Å². The van der Waals surface area contributed by atoms with Gasteiger partial charge in [0.05, 0.1) is 5.69 Å². The zero-order valence-electron chi connectivity index (χ0n) is 7.88. The standard InChI is InChI=1S/C11H8N4/c1-2-9-10(8-3-6-12-7-4-8)14-15-11(9)13-5-1/h1-7H,(H,13,14,15). The Morgan fingerprint density at radius 2 is 1.87 bits per heavy atom. The normalized spacial score (nSPS) is 10.7. The van der Waals surface area contributed by atoms with Crippen LogP contribution < -0.4 is 0 Å². The third-order valence-corrected chi connectivity index (χ3v) is 2.30. The highest BCUT2D eigenvalue weighted by molar-refractivity contribution is 5.90. The van der Waals surface area contributed by atoms with Gasteiger partial charge in [-0.15, -0.1) is 0 Å². The van der Waals surface area contributed by atoms with Gasteiger partial charge in [0.2, 0.25) is 0 Å². The Bertz CT molecular complexity index is 586. The Morgan fingerprint density at radius 3 is 2.73 bits per heavy atom. The second kappa shape index (κ2) is 3.16. The summed E-state index contributed by atoms with van der Waals surface area (Å²) in [5.41, 5.74) is 2.80. The van der Waals surface area contributed by atoms with Gasteiger partial charge in [0, 0.05) is 29.5 Å². The Kier molecular flexibility index (Phi) is 1.71. The fourth-order valence-electron chi connectivity index (χ4n) is 1.59. The summed E-state index contributed by atoms with van der Waals surface area (Å²) >= 11 is 0. The van der Waals surface area contributed by atoms with Gasteiger partial charge in [0.1, 0.15) is 0 Å². The van der Waals surface area contributed by atoms with Crippen molar-refractivity contribution in [2.75, 3.05) is 0 Å². The number of rotatable bonds is 1. The van der Waals surface area contributed by atoms with Crippen molar-refractivity contribution in [2.45, 2.75) is 0 Å². The minimum atomic E-state index is 0.740. The molecule has 0 amide bonds. The minimum absolute atomic E-state index is 0.740. The monoisotopic (exact) mass is 196 g/mol. The van der Waals surface area contributed by atoms with Crippen molar-refractivity contribution in [1.82, 2.24) is 20.2 Å². The lowest BCUT2D eigenvalue weighted by atomic mass is 10.1. The summed E-state index contributed by atoms with van der Waals surface area (Å²) in [6, 6.07) is 7.80. The molecule has 0 aromatic carbocycles. The molecule has 0 saturated carbocycles. The number of aromatic nitrogens is 4. The van der Waals surface area contributed by atoms with Crippen molar-refractivity contribution in [3.8, 4) is 11.3 Å². The molecular formula is C11H8N4. The van der Waals surface area contributed by atoms with Gasteiger partial charge in [-0.1, -0.05) is 0 Å². The van der Waals surface area contributed by atoms with Crippen molar-refractivity contribution in [3.05, 3.63) is 42.9 Å². The molecule has 4 nitrogen and oxygen atoms in total. The number of fused-ring (bicyclic) bond motifs is 1. The number of nitrogens with one attached hydrogen (secondary N) is 1. The van der Waals surface area contributed by atoms with Crippen LogP contribution in [0.1, 0.15) is 0 Å². The van der Waals surface area contributed by atoms with Crippen LogP contribution in [-0.4, -0.2) is 20.2 Å². The maximum Gasteiger partial charge on any atom is 0.181 e. The summed E-state index contributed by atoms with van der Waals surface area (Å²) in [6.07, 6.45) is 5.26. The molecule has 0 aliphatic heterocycles.